The van der Waals surface area contributed by atoms with Gasteiger partial charge in [0.05, 0.1) is 24.4 Å². The van der Waals surface area contributed by atoms with E-state index in [4.69, 9.17) is 0 Å². The van der Waals surface area contributed by atoms with E-state index in [1.54, 1.807) is 23.0 Å². The SMILES string of the molecule is CS(=O)(=O)N1CC[C@@H](Nc2ncc3ccn([C@H]4CC[C@@H](O)C[C@H]4F)c3n2)[C@H](F)C1. The van der Waals surface area contributed by atoms with Crippen LogP contribution in [-0.4, -0.2) is 76.2 Å². The summed E-state index contributed by atoms with van der Waals surface area (Å²) in [7, 11) is -3.43. The number of rotatable bonds is 4. The molecule has 1 saturated carbocycles. The lowest BCUT2D eigenvalue weighted by Crippen LogP contribution is -2.49. The number of halogens is 2. The molecule has 3 heterocycles. The zero-order chi connectivity index (χ0) is 20.8. The predicted molar refractivity (Wildman–Crippen MR) is 105 cm³/mol. The van der Waals surface area contributed by atoms with Gasteiger partial charge in [0, 0.05) is 37.3 Å². The number of anilines is 1. The molecule has 1 saturated heterocycles. The Labute approximate surface area is 168 Å². The van der Waals surface area contributed by atoms with E-state index in [1.165, 1.54) is 0 Å². The first kappa shape index (κ1) is 20.4. The molecule has 2 aromatic rings. The van der Waals surface area contributed by atoms with Crippen LogP contribution in [0.2, 0.25) is 0 Å². The number of fused-ring (bicyclic) bond motifs is 1. The maximum absolute atomic E-state index is 14.5. The number of sulfonamides is 1. The molecule has 29 heavy (non-hydrogen) atoms. The minimum atomic E-state index is -3.43. The van der Waals surface area contributed by atoms with Crippen molar-refractivity contribution in [1.82, 2.24) is 18.8 Å². The number of hydrogen-bond acceptors (Lipinski definition) is 6. The second-order valence-corrected chi connectivity index (χ2v) is 9.90. The Morgan fingerprint density at radius 1 is 1.24 bits per heavy atom. The lowest BCUT2D eigenvalue weighted by atomic mass is 9.91. The fraction of sp³-hybridized carbons (Fsp3) is 0.667. The van der Waals surface area contributed by atoms with Gasteiger partial charge in [-0.1, -0.05) is 0 Å². The molecule has 1 aliphatic heterocycles. The van der Waals surface area contributed by atoms with Gasteiger partial charge in [-0.15, -0.1) is 0 Å². The summed E-state index contributed by atoms with van der Waals surface area (Å²) in [5, 5.41) is 13.4. The molecule has 0 unspecified atom stereocenters. The number of aromatic nitrogens is 3. The van der Waals surface area contributed by atoms with Gasteiger partial charge in [0.15, 0.2) is 0 Å². The Morgan fingerprint density at radius 3 is 2.72 bits per heavy atom. The lowest BCUT2D eigenvalue weighted by molar-refractivity contribution is 0.0534. The van der Waals surface area contributed by atoms with Gasteiger partial charge in [0.2, 0.25) is 16.0 Å². The third-order valence-corrected chi connectivity index (χ3v) is 7.08. The lowest BCUT2D eigenvalue weighted by Gasteiger charge is -2.33. The zero-order valence-corrected chi connectivity index (χ0v) is 16.9. The number of piperidine rings is 1. The Bertz CT molecular complexity index is 985. The molecule has 8 nitrogen and oxygen atoms in total. The number of hydrogen-bond donors (Lipinski definition) is 2. The maximum Gasteiger partial charge on any atom is 0.224 e. The van der Waals surface area contributed by atoms with Gasteiger partial charge >= 0.3 is 0 Å². The van der Waals surface area contributed by atoms with E-state index < -0.39 is 40.6 Å². The van der Waals surface area contributed by atoms with Crippen LogP contribution >= 0.6 is 0 Å². The first-order valence-corrected chi connectivity index (χ1v) is 11.6. The molecule has 2 N–H and O–H groups in total. The smallest absolute Gasteiger partial charge is 0.224 e. The van der Waals surface area contributed by atoms with Gasteiger partial charge in [-0.25, -0.2) is 22.2 Å². The summed E-state index contributed by atoms with van der Waals surface area (Å²) in [6.07, 6.45) is 2.70. The van der Waals surface area contributed by atoms with Crippen molar-refractivity contribution >= 4 is 27.0 Å². The summed E-state index contributed by atoms with van der Waals surface area (Å²) in [5.41, 5.74) is 0.551. The summed E-state index contributed by atoms with van der Waals surface area (Å²) in [6, 6.07) is 0.789. The van der Waals surface area contributed by atoms with Crippen molar-refractivity contribution in [3.05, 3.63) is 18.5 Å². The van der Waals surface area contributed by atoms with Gasteiger partial charge in [0.1, 0.15) is 18.0 Å². The van der Waals surface area contributed by atoms with Crippen LogP contribution in [0.1, 0.15) is 31.7 Å². The molecule has 2 fully saturated rings. The van der Waals surface area contributed by atoms with E-state index >= 15 is 0 Å². The van der Waals surface area contributed by atoms with Crippen molar-refractivity contribution in [2.75, 3.05) is 24.7 Å². The number of aliphatic hydroxyl groups is 1. The van der Waals surface area contributed by atoms with Crippen molar-refractivity contribution < 1.29 is 22.3 Å². The van der Waals surface area contributed by atoms with E-state index in [1.807, 2.05) is 0 Å². The standard InChI is InChI=1S/C18H25F2N5O3S/c1-29(27,28)24-6-5-15(14(20)10-24)22-18-21-9-11-4-7-25(17(11)23-18)16-3-2-12(26)8-13(16)19/h4,7,9,12-16,26H,2-3,5-6,8,10H2,1H3,(H,21,22,23)/t12-,13-,14-,15-,16+/m1/s1. The molecule has 2 aromatic heterocycles. The van der Waals surface area contributed by atoms with Crippen molar-refractivity contribution in [3.8, 4) is 0 Å². The van der Waals surface area contributed by atoms with E-state index in [0.29, 0.717) is 24.9 Å². The highest BCUT2D eigenvalue weighted by atomic mass is 32.2. The van der Waals surface area contributed by atoms with Crippen LogP contribution in [0.15, 0.2) is 18.5 Å². The molecule has 0 bridgehead atoms. The molecular weight excluding hydrogens is 404 g/mol. The highest BCUT2D eigenvalue weighted by Gasteiger charge is 2.34. The van der Waals surface area contributed by atoms with Crippen LogP contribution in [0.5, 0.6) is 0 Å². The average molecular weight is 429 g/mol. The largest absolute Gasteiger partial charge is 0.393 e. The number of nitrogens with one attached hydrogen (secondary N) is 1. The van der Waals surface area contributed by atoms with E-state index in [0.717, 1.165) is 15.9 Å². The average Bonchev–Trinajstić information content (AvgIpc) is 3.05. The first-order valence-electron chi connectivity index (χ1n) is 9.74. The summed E-state index contributed by atoms with van der Waals surface area (Å²) < 4.78 is 55.1. The van der Waals surface area contributed by atoms with Crippen molar-refractivity contribution in [1.29, 1.82) is 0 Å². The fourth-order valence-corrected chi connectivity index (χ4v) is 5.02. The Morgan fingerprint density at radius 2 is 2.03 bits per heavy atom. The minimum absolute atomic E-state index is 0.100. The van der Waals surface area contributed by atoms with Crippen LogP contribution in [-0.2, 0) is 10.0 Å². The molecule has 0 radical (unpaired) electrons. The molecule has 0 spiro atoms. The molecule has 0 amide bonds. The second kappa shape index (κ2) is 7.77. The quantitative estimate of drug-likeness (QED) is 0.767. The monoisotopic (exact) mass is 429 g/mol. The molecule has 1 aliphatic carbocycles. The topological polar surface area (TPSA) is 100 Å². The maximum atomic E-state index is 14.5. The summed E-state index contributed by atoms with van der Waals surface area (Å²) in [6.45, 7) is 0.0204. The molecule has 2 aliphatic rings. The number of aliphatic hydroxyl groups excluding tert-OH is 1. The Balaban J connectivity index is 1.52. The molecule has 5 atom stereocenters. The Hall–Kier alpha value is -1.85. The second-order valence-electron chi connectivity index (χ2n) is 7.92. The van der Waals surface area contributed by atoms with Gasteiger partial charge in [-0.2, -0.15) is 9.29 Å². The molecule has 160 valence electrons. The normalized spacial score (nSPS) is 31.8. The zero-order valence-electron chi connectivity index (χ0n) is 16.1. The third kappa shape index (κ3) is 4.22. The van der Waals surface area contributed by atoms with Gasteiger partial charge < -0.3 is 15.0 Å². The molecular formula is C18H25F2N5O3S. The Kier molecular flexibility index (Phi) is 5.47. The van der Waals surface area contributed by atoms with Crippen LogP contribution in [0.4, 0.5) is 14.7 Å². The molecule has 4 rings (SSSR count). The van der Waals surface area contributed by atoms with Crippen molar-refractivity contribution in [3.63, 3.8) is 0 Å². The van der Waals surface area contributed by atoms with Crippen LogP contribution in [0.3, 0.4) is 0 Å². The fourth-order valence-electron chi connectivity index (χ4n) is 4.17. The number of alkyl halides is 2. The summed E-state index contributed by atoms with van der Waals surface area (Å²) in [4.78, 5) is 8.70. The molecule has 0 aromatic carbocycles. The van der Waals surface area contributed by atoms with Crippen LogP contribution < -0.4 is 5.32 Å². The third-order valence-electron chi connectivity index (χ3n) is 5.81. The summed E-state index contributed by atoms with van der Waals surface area (Å²) in [5.74, 6) is 0.226. The minimum Gasteiger partial charge on any atom is -0.393 e. The van der Waals surface area contributed by atoms with E-state index in [9.17, 15) is 22.3 Å². The van der Waals surface area contributed by atoms with Crippen molar-refractivity contribution in [2.45, 2.75) is 56.2 Å². The van der Waals surface area contributed by atoms with Crippen LogP contribution in [0, 0.1) is 0 Å². The van der Waals surface area contributed by atoms with E-state index in [-0.39, 0.29) is 25.5 Å². The first-order chi connectivity index (χ1) is 13.7. The van der Waals surface area contributed by atoms with Crippen molar-refractivity contribution in [2.24, 2.45) is 0 Å². The molecule has 11 heteroatoms. The van der Waals surface area contributed by atoms with E-state index in [2.05, 4.69) is 15.3 Å². The highest BCUT2D eigenvalue weighted by Crippen LogP contribution is 2.33. The van der Waals surface area contributed by atoms with Gasteiger partial charge in [-0.05, 0) is 25.3 Å². The summed E-state index contributed by atoms with van der Waals surface area (Å²) >= 11 is 0. The highest BCUT2D eigenvalue weighted by molar-refractivity contribution is 7.88. The van der Waals surface area contributed by atoms with Gasteiger partial charge in [0.25, 0.3) is 0 Å². The van der Waals surface area contributed by atoms with Gasteiger partial charge in [-0.3, -0.25) is 0 Å². The van der Waals surface area contributed by atoms with Crippen LogP contribution in [0.25, 0.3) is 11.0 Å². The predicted octanol–water partition coefficient (Wildman–Crippen LogP) is 1.64. The number of nitrogens with zero attached hydrogens (tertiary/aromatic N) is 4.